The number of hydrogen-bond acceptors (Lipinski definition) is 3. The molecule has 0 fully saturated rings. The Morgan fingerprint density at radius 3 is 3.07 bits per heavy atom. The first-order chi connectivity index (χ1) is 7.42. The van der Waals surface area contributed by atoms with E-state index in [4.69, 9.17) is 0 Å². The molecule has 0 unspecified atom stereocenters. The van der Waals surface area contributed by atoms with Crippen molar-refractivity contribution in [1.82, 2.24) is 7.96 Å². The molecule has 0 aliphatic carbocycles. The summed E-state index contributed by atoms with van der Waals surface area (Å²) >= 11 is 0.0730. The summed E-state index contributed by atoms with van der Waals surface area (Å²) in [4.78, 5) is 0. The van der Waals surface area contributed by atoms with Crippen LogP contribution in [-0.4, -0.2) is 29.5 Å². The van der Waals surface area contributed by atoms with Gasteiger partial charge in [0.2, 0.25) is 0 Å². The molecule has 1 aromatic heterocycles. The number of nitrogens with one attached hydrogen (secondary N) is 1. The van der Waals surface area contributed by atoms with Gasteiger partial charge in [-0.15, -0.1) is 0 Å². The number of unbranched alkanes of at least 4 members (excludes halogenated alkanes) is 2. The van der Waals surface area contributed by atoms with E-state index in [1.165, 1.54) is 19.3 Å². The molecule has 0 aliphatic rings. The van der Waals surface area contributed by atoms with Crippen LogP contribution in [0.2, 0.25) is 0 Å². The van der Waals surface area contributed by atoms with Crippen LogP contribution in [0.3, 0.4) is 0 Å². The summed E-state index contributed by atoms with van der Waals surface area (Å²) in [6.45, 7) is 3.25. The number of nitrogens with zero attached hydrogens (tertiary/aromatic N) is 2. The zero-order valence-corrected chi connectivity index (χ0v) is 10.6. The van der Waals surface area contributed by atoms with Gasteiger partial charge in [-0.05, 0) is 0 Å². The predicted octanol–water partition coefficient (Wildman–Crippen LogP) is 2.29. The third-order valence-electron chi connectivity index (χ3n) is 2.38. The van der Waals surface area contributed by atoms with Gasteiger partial charge in [-0.25, -0.2) is 0 Å². The molecule has 3 nitrogen and oxygen atoms in total. The van der Waals surface area contributed by atoms with Crippen molar-refractivity contribution < 1.29 is 0 Å². The second kappa shape index (κ2) is 5.29. The molecule has 1 N–H and O–H groups in total. The van der Waals surface area contributed by atoms with Crippen LogP contribution in [0.5, 0.6) is 0 Å². The molecule has 0 saturated carbocycles. The minimum absolute atomic E-state index is 0.0730. The summed E-state index contributed by atoms with van der Waals surface area (Å²) < 4.78 is 8.79. The second-order valence-corrected chi connectivity index (χ2v) is 4.68. The average Bonchev–Trinajstić information content (AvgIpc) is 2.73. The molecule has 15 heavy (non-hydrogen) atoms. The summed E-state index contributed by atoms with van der Waals surface area (Å²) in [5.74, 6) is 0. The van der Waals surface area contributed by atoms with Crippen LogP contribution in [0.15, 0.2) is 18.2 Å². The van der Waals surface area contributed by atoms with Crippen LogP contribution in [0.4, 0.5) is 5.69 Å². The van der Waals surface area contributed by atoms with E-state index < -0.39 is 0 Å². The van der Waals surface area contributed by atoms with Gasteiger partial charge in [0.05, 0.1) is 0 Å². The topological polar surface area (TPSA) is 37.8 Å². The van der Waals surface area contributed by atoms with E-state index in [-0.39, 0.29) is 15.0 Å². The Morgan fingerprint density at radius 1 is 1.27 bits per heavy atom. The van der Waals surface area contributed by atoms with Gasteiger partial charge in [-0.2, -0.15) is 0 Å². The fraction of sp³-hybridized carbons (Fsp3) is 0.455. The van der Waals surface area contributed by atoms with Gasteiger partial charge in [0.15, 0.2) is 0 Å². The van der Waals surface area contributed by atoms with Gasteiger partial charge in [0, 0.05) is 0 Å². The number of hydrogen-bond donors (Lipinski definition) is 1. The fourth-order valence-electron chi connectivity index (χ4n) is 1.55. The van der Waals surface area contributed by atoms with Crippen molar-refractivity contribution in [3.05, 3.63) is 18.2 Å². The maximum atomic E-state index is 4.43. The Morgan fingerprint density at radius 2 is 2.20 bits per heavy atom. The number of aromatic nitrogens is 2. The Labute approximate surface area is 96.1 Å². The Kier molecular flexibility index (Phi) is 3.75. The number of rotatable bonds is 5. The maximum absolute atomic E-state index is 4.43. The van der Waals surface area contributed by atoms with E-state index in [2.05, 4.69) is 26.3 Å². The molecule has 1 heterocycles. The Hall–Kier alpha value is -0.861. The van der Waals surface area contributed by atoms with Gasteiger partial charge >= 0.3 is 95.9 Å². The molecular formula is C11H15N3Se. The zero-order valence-electron chi connectivity index (χ0n) is 8.86. The average molecular weight is 268 g/mol. The van der Waals surface area contributed by atoms with E-state index in [1.807, 2.05) is 12.1 Å². The molecule has 0 aliphatic heterocycles. The molecule has 0 amide bonds. The van der Waals surface area contributed by atoms with Crippen LogP contribution in [0.25, 0.3) is 11.0 Å². The first-order valence-corrected chi connectivity index (χ1v) is 6.90. The quantitative estimate of drug-likeness (QED) is 0.668. The van der Waals surface area contributed by atoms with Crippen molar-refractivity contribution in [2.24, 2.45) is 0 Å². The first-order valence-electron chi connectivity index (χ1n) is 5.37. The SMILES string of the molecule is CCCCCNc1cccc2n[se]nc12. The summed E-state index contributed by atoms with van der Waals surface area (Å²) in [5.41, 5.74) is 3.26. The Bertz CT molecular complexity index is 424. The summed E-state index contributed by atoms with van der Waals surface area (Å²) in [7, 11) is 0. The molecule has 0 saturated heterocycles. The molecule has 2 aromatic rings. The van der Waals surface area contributed by atoms with Gasteiger partial charge in [-0.1, -0.05) is 0 Å². The minimum atomic E-state index is 0.0730. The van der Waals surface area contributed by atoms with Crippen molar-refractivity contribution >= 4 is 31.7 Å². The predicted molar refractivity (Wildman–Crippen MR) is 64.5 cm³/mol. The molecule has 0 radical (unpaired) electrons. The number of fused-ring (bicyclic) bond motifs is 1. The monoisotopic (exact) mass is 269 g/mol. The molecule has 2 rings (SSSR count). The van der Waals surface area contributed by atoms with Crippen molar-refractivity contribution in [2.75, 3.05) is 11.9 Å². The van der Waals surface area contributed by atoms with Crippen molar-refractivity contribution in [2.45, 2.75) is 26.2 Å². The molecular weight excluding hydrogens is 253 g/mol. The second-order valence-electron chi connectivity index (χ2n) is 3.57. The van der Waals surface area contributed by atoms with E-state index in [0.29, 0.717) is 0 Å². The van der Waals surface area contributed by atoms with E-state index >= 15 is 0 Å². The van der Waals surface area contributed by atoms with Crippen LogP contribution in [0, 0.1) is 0 Å². The normalized spacial score (nSPS) is 10.7. The Balaban J connectivity index is 2.04. The molecule has 1 aromatic carbocycles. The zero-order chi connectivity index (χ0) is 10.5. The standard InChI is InChI=1S/C11H15N3Se/c1-2-3-4-8-12-9-6-5-7-10-11(9)14-15-13-10/h5-7,12H,2-4,8H2,1H3. The van der Waals surface area contributed by atoms with Crippen LogP contribution in [0.1, 0.15) is 26.2 Å². The van der Waals surface area contributed by atoms with E-state index in [0.717, 1.165) is 23.3 Å². The fourth-order valence-corrected chi connectivity index (χ4v) is 2.70. The van der Waals surface area contributed by atoms with Crippen LogP contribution < -0.4 is 5.32 Å². The van der Waals surface area contributed by atoms with Crippen molar-refractivity contribution in [3.63, 3.8) is 0 Å². The third-order valence-corrected chi connectivity index (χ3v) is 3.52. The summed E-state index contributed by atoms with van der Waals surface area (Å²) in [5, 5.41) is 3.44. The molecule has 0 bridgehead atoms. The summed E-state index contributed by atoms with van der Waals surface area (Å²) in [6.07, 6.45) is 3.77. The van der Waals surface area contributed by atoms with Gasteiger partial charge < -0.3 is 0 Å². The van der Waals surface area contributed by atoms with Crippen molar-refractivity contribution in [3.8, 4) is 0 Å². The molecule has 4 heteroatoms. The van der Waals surface area contributed by atoms with Crippen molar-refractivity contribution in [1.29, 1.82) is 0 Å². The van der Waals surface area contributed by atoms with Gasteiger partial charge in [0.25, 0.3) is 0 Å². The molecule has 80 valence electrons. The van der Waals surface area contributed by atoms with Crippen LogP contribution >= 0.6 is 0 Å². The summed E-state index contributed by atoms with van der Waals surface area (Å²) in [6, 6.07) is 6.16. The van der Waals surface area contributed by atoms with E-state index in [1.54, 1.807) is 0 Å². The third kappa shape index (κ3) is 2.58. The van der Waals surface area contributed by atoms with Gasteiger partial charge in [-0.3, -0.25) is 0 Å². The molecule has 0 atom stereocenters. The molecule has 0 spiro atoms. The van der Waals surface area contributed by atoms with Crippen LogP contribution in [-0.2, 0) is 0 Å². The number of benzene rings is 1. The number of anilines is 1. The van der Waals surface area contributed by atoms with Gasteiger partial charge in [0.1, 0.15) is 0 Å². The first kappa shape index (κ1) is 10.7. The van der Waals surface area contributed by atoms with E-state index in [9.17, 15) is 0 Å².